The number of nitrogens with zero attached hydrogens (tertiary/aromatic N) is 1. The number of aromatic nitrogens is 1. The maximum Gasteiger partial charge on any atom is 0.219 e. The van der Waals surface area contributed by atoms with E-state index in [0.29, 0.717) is 24.1 Å². The van der Waals surface area contributed by atoms with Gasteiger partial charge in [-0.1, -0.05) is 13.0 Å². The Labute approximate surface area is 124 Å². The number of benzene rings is 1. The first-order chi connectivity index (χ1) is 9.75. The minimum atomic E-state index is 0.449. The lowest BCUT2D eigenvalue weighted by Crippen LogP contribution is -1.96. The van der Waals surface area contributed by atoms with Crippen molar-refractivity contribution in [3.8, 4) is 17.4 Å². The molecule has 4 heteroatoms. The second-order valence-corrected chi connectivity index (χ2v) is 4.57. The molecule has 1 aromatic heterocycles. The third-order valence-electron chi connectivity index (χ3n) is 2.77. The summed E-state index contributed by atoms with van der Waals surface area (Å²) in [5.41, 5.74) is 1.98. The Kier molecular flexibility index (Phi) is 5.24. The quantitative estimate of drug-likeness (QED) is 0.730. The highest BCUT2D eigenvalue weighted by atomic mass is 35.5. The molecule has 0 aliphatic heterocycles. The molecule has 0 fully saturated rings. The van der Waals surface area contributed by atoms with Crippen molar-refractivity contribution in [3.05, 3.63) is 47.7 Å². The Hall–Kier alpha value is -1.74. The molecule has 0 saturated carbocycles. The molecule has 0 N–H and O–H groups in total. The van der Waals surface area contributed by atoms with E-state index in [1.807, 2.05) is 43.3 Å². The van der Waals surface area contributed by atoms with E-state index >= 15 is 0 Å². The lowest BCUT2D eigenvalue weighted by Gasteiger charge is -2.09. The van der Waals surface area contributed by atoms with Gasteiger partial charge in [0.05, 0.1) is 6.61 Å². The van der Waals surface area contributed by atoms with Gasteiger partial charge in [0.15, 0.2) is 0 Å². The normalized spacial score (nSPS) is 10.3. The number of rotatable bonds is 6. The Balaban J connectivity index is 2.22. The van der Waals surface area contributed by atoms with Crippen molar-refractivity contribution in [2.45, 2.75) is 26.1 Å². The number of halogens is 1. The lowest BCUT2D eigenvalue weighted by atomic mass is 10.2. The fourth-order valence-electron chi connectivity index (χ4n) is 1.85. The molecule has 1 aromatic carbocycles. The summed E-state index contributed by atoms with van der Waals surface area (Å²) in [6.45, 7) is 4.63. The molecule has 0 unspecified atom stereocenters. The number of hydrogen-bond acceptors (Lipinski definition) is 3. The summed E-state index contributed by atoms with van der Waals surface area (Å²) >= 11 is 5.89. The summed E-state index contributed by atoms with van der Waals surface area (Å²) in [6, 6.07) is 11.4. The fourth-order valence-corrected chi connectivity index (χ4v) is 2.00. The summed E-state index contributed by atoms with van der Waals surface area (Å²) in [7, 11) is 0. The Morgan fingerprint density at radius 1 is 1.10 bits per heavy atom. The van der Waals surface area contributed by atoms with E-state index in [1.165, 1.54) is 0 Å². The Morgan fingerprint density at radius 2 is 1.90 bits per heavy atom. The molecule has 106 valence electrons. The first-order valence-electron chi connectivity index (χ1n) is 6.71. The van der Waals surface area contributed by atoms with Crippen molar-refractivity contribution in [2.24, 2.45) is 0 Å². The Morgan fingerprint density at radius 3 is 2.60 bits per heavy atom. The van der Waals surface area contributed by atoms with Crippen LogP contribution in [0.15, 0.2) is 36.4 Å². The lowest BCUT2D eigenvalue weighted by molar-refractivity contribution is 0.338. The van der Waals surface area contributed by atoms with E-state index in [0.717, 1.165) is 23.4 Å². The zero-order valence-corrected chi connectivity index (χ0v) is 12.5. The first-order valence-corrected chi connectivity index (χ1v) is 7.25. The van der Waals surface area contributed by atoms with Crippen molar-refractivity contribution >= 4 is 11.6 Å². The summed E-state index contributed by atoms with van der Waals surface area (Å²) in [4.78, 5) is 4.45. The number of ether oxygens (including phenoxy) is 2. The first kappa shape index (κ1) is 14.7. The van der Waals surface area contributed by atoms with Gasteiger partial charge in [-0.3, -0.25) is 0 Å². The molecule has 0 aliphatic carbocycles. The van der Waals surface area contributed by atoms with Gasteiger partial charge in [-0.05, 0) is 37.1 Å². The highest BCUT2D eigenvalue weighted by Crippen LogP contribution is 2.25. The van der Waals surface area contributed by atoms with Gasteiger partial charge in [0.25, 0.3) is 0 Å². The fraction of sp³-hybridized carbons (Fsp3) is 0.312. The number of alkyl halides is 1. The topological polar surface area (TPSA) is 31.4 Å². The minimum Gasteiger partial charge on any atom is -0.494 e. The molecule has 2 aromatic rings. The second-order valence-electron chi connectivity index (χ2n) is 4.30. The largest absolute Gasteiger partial charge is 0.494 e. The summed E-state index contributed by atoms with van der Waals surface area (Å²) in [6.07, 6.45) is 0.847. The van der Waals surface area contributed by atoms with Crippen LogP contribution in [0.4, 0.5) is 0 Å². The van der Waals surface area contributed by atoms with Crippen LogP contribution in [-0.4, -0.2) is 11.6 Å². The molecular formula is C16H18ClNO2. The predicted octanol–water partition coefficient (Wildman–Crippen LogP) is 4.57. The van der Waals surface area contributed by atoms with Crippen molar-refractivity contribution in [2.75, 3.05) is 6.61 Å². The van der Waals surface area contributed by atoms with E-state index in [1.54, 1.807) is 0 Å². The van der Waals surface area contributed by atoms with Crippen molar-refractivity contribution in [1.82, 2.24) is 4.98 Å². The molecule has 0 amide bonds. The van der Waals surface area contributed by atoms with Crippen LogP contribution in [-0.2, 0) is 12.3 Å². The zero-order valence-electron chi connectivity index (χ0n) is 11.7. The van der Waals surface area contributed by atoms with Crippen LogP contribution in [0.25, 0.3) is 0 Å². The summed E-state index contributed by atoms with van der Waals surface area (Å²) in [5, 5.41) is 0. The van der Waals surface area contributed by atoms with Crippen LogP contribution in [0, 0.1) is 0 Å². The van der Waals surface area contributed by atoms with Gasteiger partial charge in [-0.15, -0.1) is 11.6 Å². The van der Waals surface area contributed by atoms with Gasteiger partial charge in [-0.25, -0.2) is 4.98 Å². The number of pyridine rings is 1. The Bertz CT molecular complexity index is 550. The molecule has 0 atom stereocenters. The predicted molar refractivity (Wildman–Crippen MR) is 80.9 cm³/mol. The van der Waals surface area contributed by atoms with Gasteiger partial charge in [-0.2, -0.15) is 0 Å². The smallest absolute Gasteiger partial charge is 0.219 e. The van der Waals surface area contributed by atoms with Crippen molar-refractivity contribution in [3.63, 3.8) is 0 Å². The number of aryl methyl sites for hydroxylation is 1. The second kappa shape index (κ2) is 7.15. The van der Waals surface area contributed by atoms with E-state index in [9.17, 15) is 0 Å². The molecule has 0 spiro atoms. The molecule has 3 nitrogen and oxygen atoms in total. The van der Waals surface area contributed by atoms with Gasteiger partial charge in [0.1, 0.15) is 11.5 Å². The van der Waals surface area contributed by atoms with E-state index < -0.39 is 0 Å². The average molecular weight is 292 g/mol. The van der Waals surface area contributed by atoms with Crippen molar-refractivity contribution < 1.29 is 9.47 Å². The van der Waals surface area contributed by atoms with Crippen LogP contribution in [0.1, 0.15) is 25.1 Å². The van der Waals surface area contributed by atoms with Gasteiger partial charge >= 0.3 is 0 Å². The monoisotopic (exact) mass is 291 g/mol. The van der Waals surface area contributed by atoms with E-state index in [4.69, 9.17) is 21.1 Å². The standard InChI is InChI=1S/C16H18ClNO2/c1-3-13-8-12(11-17)9-16(18-13)20-15-7-5-6-14(10-15)19-4-2/h5-10H,3-4,11H2,1-2H3. The highest BCUT2D eigenvalue weighted by molar-refractivity contribution is 6.17. The number of hydrogen-bond donors (Lipinski definition) is 0. The molecule has 2 rings (SSSR count). The van der Waals surface area contributed by atoms with E-state index in [-0.39, 0.29) is 0 Å². The van der Waals surface area contributed by atoms with Crippen molar-refractivity contribution in [1.29, 1.82) is 0 Å². The molecule has 0 aliphatic rings. The van der Waals surface area contributed by atoms with Gasteiger partial charge in [0, 0.05) is 23.7 Å². The SMILES string of the molecule is CCOc1cccc(Oc2cc(CCl)cc(CC)n2)c1. The van der Waals surface area contributed by atoms with Crippen LogP contribution in [0.5, 0.6) is 17.4 Å². The van der Waals surface area contributed by atoms with Crippen LogP contribution in [0.3, 0.4) is 0 Å². The molecule has 0 saturated heterocycles. The van der Waals surface area contributed by atoms with Crippen LogP contribution >= 0.6 is 11.6 Å². The molecular weight excluding hydrogens is 274 g/mol. The average Bonchev–Trinajstić information content (AvgIpc) is 2.47. The van der Waals surface area contributed by atoms with Gasteiger partial charge < -0.3 is 9.47 Å². The third kappa shape index (κ3) is 3.87. The molecule has 1 heterocycles. The van der Waals surface area contributed by atoms with E-state index in [2.05, 4.69) is 11.9 Å². The zero-order chi connectivity index (χ0) is 14.4. The highest BCUT2D eigenvalue weighted by Gasteiger charge is 2.05. The minimum absolute atomic E-state index is 0.449. The molecule has 0 radical (unpaired) electrons. The summed E-state index contributed by atoms with van der Waals surface area (Å²) in [5.74, 6) is 2.50. The summed E-state index contributed by atoms with van der Waals surface area (Å²) < 4.78 is 11.3. The maximum atomic E-state index is 5.89. The molecule has 20 heavy (non-hydrogen) atoms. The van der Waals surface area contributed by atoms with Gasteiger partial charge in [0.2, 0.25) is 5.88 Å². The third-order valence-corrected chi connectivity index (χ3v) is 3.08. The van der Waals surface area contributed by atoms with Crippen LogP contribution in [0.2, 0.25) is 0 Å². The van der Waals surface area contributed by atoms with Crippen LogP contribution < -0.4 is 9.47 Å². The molecule has 0 bridgehead atoms. The maximum absolute atomic E-state index is 5.89.